The van der Waals surface area contributed by atoms with Crippen molar-refractivity contribution in [1.29, 1.82) is 0 Å². The van der Waals surface area contributed by atoms with Crippen LogP contribution in [0.4, 0.5) is 8.78 Å². The van der Waals surface area contributed by atoms with Gasteiger partial charge in [0.2, 0.25) is 0 Å². The fourth-order valence-electron chi connectivity index (χ4n) is 1.41. The van der Waals surface area contributed by atoms with Gasteiger partial charge < -0.3 is 5.32 Å². The van der Waals surface area contributed by atoms with Crippen LogP contribution in [0.15, 0.2) is 18.2 Å². The summed E-state index contributed by atoms with van der Waals surface area (Å²) in [6.45, 7) is 0.219. The smallest absolute Gasteiger partial charge is 0.292 e. The third kappa shape index (κ3) is 3.06. The average Bonchev–Trinajstić information content (AvgIpc) is 2.80. The Morgan fingerprint density at radius 3 is 2.61 bits per heavy atom. The molecular formula is C10H9F2N5O. The maximum atomic E-state index is 12.9. The lowest BCUT2D eigenvalue weighted by atomic mass is 10.1. The Morgan fingerprint density at radius 2 is 2.00 bits per heavy atom. The molecule has 0 atom stereocenters. The molecule has 6 nitrogen and oxygen atoms in total. The van der Waals surface area contributed by atoms with Gasteiger partial charge in [-0.1, -0.05) is 0 Å². The highest BCUT2D eigenvalue weighted by atomic mass is 19.1. The standard InChI is InChI=1S/C10H9F2N5O/c11-7-3-6(4-8(12)5-7)1-2-13-10(18)9-14-16-17-15-9/h3-5H,1-2H2,(H,13,18)(H,14,15,16,17). The number of benzene rings is 1. The molecule has 1 heterocycles. The second kappa shape index (κ2) is 5.30. The molecule has 0 saturated carbocycles. The number of nitrogens with one attached hydrogen (secondary N) is 2. The summed E-state index contributed by atoms with van der Waals surface area (Å²) in [4.78, 5) is 11.4. The van der Waals surface area contributed by atoms with Crippen molar-refractivity contribution >= 4 is 5.91 Å². The minimum atomic E-state index is -0.644. The first-order chi connectivity index (χ1) is 8.65. The molecule has 18 heavy (non-hydrogen) atoms. The van der Waals surface area contributed by atoms with Crippen molar-refractivity contribution in [1.82, 2.24) is 25.9 Å². The van der Waals surface area contributed by atoms with Gasteiger partial charge in [0.1, 0.15) is 11.6 Å². The Kier molecular flexibility index (Phi) is 3.56. The molecule has 0 fully saturated rings. The van der Waals surface area contributed by atoms with Crippen LogP contribution in [0.2, 0.25) is 0 Å². The van der Waals surface area contributed by atoms with E-state index in [-0.39, 0.29) is 12.4 Å². The molecule has 1 aromatic heterocycles. The Balaban J connectivity index is 1.87. The molecular weight excluding hydrogens is 244 g/mol. The van der Waals surface area contributed by atoms with Gasteiger partial charge in [-0.2, -0.15) is 5.21 Å². The Morgan fingerprint density at radius 1 is 1.28 bits per heavy atom. The summed E-state index contributed by atoms with van der Waals surface area (Å²) < 4.78 is 25.8. The topological polar surface area (TPSA) is 83.6 Å². The molecule has 0 unspecified atom stereocenters. The molecule has 0 aliphatic heterocycles. The Labute approximate surface area is 100 Å². The first kappa shape index (κ1) is 12.1. The number of nitrogens with zero attached hydrogens (tertiary/aromatic N) is 3. The van der Waals surface area contributed by atoms with E-state index in [1.165, 1.54) is 12.1 Å². The van der Waals surface area contributed by atoms with E-state index < -0.39 is 17.5 Å². The molecule has 8 heteroatoms. The van der Waals surface area contributed by atoms with Crippen LogP contribution in [0.25, 0.3) is 0 Å². The van der Waals surface area contributed by atoms with Gasteiger partial charge >= 0.3 is 0 Å². The minimum Gasteiger partial charge on any atom is -0.349 e. The second-order valence-electron chi connectivity index (χ2n) is 3.52. The number of aromatic amines is 1. The number of carbonyl (C=O) groups is 1. The molecule has 0 spiro atoms. The van der Waals surface area contributed by atoms with Crippen molar-refractivity contribution in [3.8, 4) is 0 Å². The van der Waals surface area contributed by atoms with Gasteiger partial charge in [-0.15, -0.1) is 10.2 Å². The van der Waals surface area contributed by atoms with Gasteiger partial charge in [0, 0.05) is 12.6 Å². The fraction of sp³-hybridized carbons (Fsp3) is 0.200. The number of aromatic nitrogens is 4. The van der Waals surface area contributed by atoms with E-state index in [0.29, 0.717) is 12.0 Å². The van der Waals surface area contributed by atoms with E-state index in [2.05, 4.69) is 25.9 Å². The van der Waals surface area contributed by atoms with E-state index in [1.54, 1.807) is 0 Å². The lowest BCUT2D eigenvalue weighted by Gasteiger charge is -2.03. The van der Waals surface area contributed by atoms with Gasteiger partial charge in [-0.3, -0.25) is 4.79 Å². The van der Waals surface area contributed by atoms with E-state index in [1.807, 2.05) is 0 Å². The summed E-state index contributed by atoms with van der Waals surface area (Å²) in [7, 11) is 0. The summed E-state index contributed by atoms with van der Waals surface area (Å²) in [6, 6.07) is 3.22. The van der Waals surface area contributed by atoms with Crippen LogP contribution in [0.1, 0.15) is 16.2 Å². The van der Waals surface area contributed by atoms with Crippen LogP contribution >= 0.6 is 0 Å². The van der Waals surface area contributed by atoms with Crippen molar-refractivity contribution in [2.45, 2.75) is 6.42 Å². The van der Waals surface area contributed by atoms with Crippen molar-refractivity contribution < 1.29 is 13.6 Å². The third-order valence-corrected chi connectivity index (χ3v) is 2.17. The van der Waals surface area contributed by atoms with Crippen LogP contribution in [-0.2, 0) is 6.42 Å². The quantitative estimate of drug-likeness (QED) is 0.828. The zero-order chi connectivity index (χ0) is 13.0. The molecule has 0 aliphatic rings. The van der Waals surface area contributed by atoms with E-state index in [0.717, 1.165) is 6.07 Å². The number of carbonyl (C=O) groups excluding carboxylic acids is 1. The molecule has 0 bridgehead atoms. The number of halogens is 2. The third-order valence-electron chi connectivity index (χ3n) is 2.17. The lowest BCUT2D eigenvalue weighted by molar-refractivity contribution is 0.0944. The number of rotatable bonds is 4. The average molecular weight is 253 g/mol. The van der Waals surface area contributed by atoms with Gasteiger partial charge in [0.15, 0.2) is 0 Å². The van der Waals surface area contributed by atoms with Crippen molar-refractivity contribution in [2.75, 3.05) is 6.54 Å². The molecule has 0 radical (unpaired) electrons. The van der Waals surface area contributed by atoms with Gasteiger partial charge in [0.25, 0.3) is 11.7 Å². The molecule has 2 N–H and O–H groups in total. The first-order valence-corrected chi connectivity index (χ1v) is 5.12. The maximum absolute atomic E-state index is 12.9. The highest BCUT2D eigenvalue weighted by Gasteiger charge is 2.09. The normalized spacial score (nSPS) is 10.3. The summed E-state index contributed by atoms with van der Waals surface area (Å²) >= 11 is 0. The fourth-order valence-corrected chi connectivity index (χ4v) is 1.41. The second-order valence-corrected chi connectivity index (χ2v) is 3.52. The molecule has 2 aromatic rings. The number of hydrogen-bond acceptors (Lipinski definition) is 4. The predicted molar refractivity (Wildman–Crippen MR) is 56.6 cm³/mol. The summed E-state index contributed by atoms with van der Waals surface area (Å²) in [5.41, 5.74) is 0.459. The van der Waals surface area contributed by atoms with E-state index in [4.69, 9.17) is 0 Å². The highest BCUT2D eigenvalue weighted by Crippen LogP contribution is 2.08. The number of hydrogen-bond donors (Lipinski definition) is 2. The number of amides is 1. The minimum absolute atomic E-state index is 0.0829. The van der Waals surface area contributed by atoms with Crippen LogP contribution < -0.4 is 5.32 Å². The summed E-state index contributed by atoms with van der Waals surface area (Å²) in [6.07, 6.45) is 0.304. The lowest BCUT2D eigenvalue weighted by Crippen LogP contribution is -2.26. The predicted octanol–water partition coefficient (Wildman–Crippen LogP) is 0.450. The summed E-state index contributed by atoms with van der Waals surface area (Å²) in [5.74, 6) is -1.87. The number of tetrazole rings is 1. The SMILES string of the molecule is O=C(NCCc1cc(F)cc(F)c1)c1nn[nH]n1. The number of H-pyrrole nitrogens is 1. The maximum Gasteiger partial charge on any atom is 0.292 e. The van der Waals surface area contributed by atoms with E-state index in [9.17, 15) is 13.6 Å². The summed E-state index contributed by atoms with van der Waals surface area (Å²) in [5, 5.41) is 14.9. The first-order valence-electron chi connectivity index (χ1n) is 5.12. The molecule has 0 saturated heterocycles. The van der Waals surface area contributed by atoms with Crippen molar-refractivity contribution in [3.05, 3.63) is 41.2 Å². The van der Waals surface area contributed by atoms with Gasteiger partial charge in [-0.05, 0) is 29.3 Å². The molecule has 2 rings (SSSR count). The van der Waals surface area contributed by atoms with Crippen LogP contribution in [0, 0.1) is 11.6 Å². The zero-order valence-corrected chi connectivity index (χ0v) is 9.15. The van der Waals surface area contributed by atoms with Crippen molar-refractivity contribution in [3.63, 3.8) is 0 Å². The van der Waals surface area contributed by atoms with Gasteiger partial charge in [-0.25, -0.2) is 8.78 Å². The highest BCUT2D eigenvalue weighted by molar-refractivity contribution is 5.89. The molecule has 1 amide bonds. The molecule has 94 valence electrons. The molecule has 0 aliphatic carbocycles. The largest absolute Gasteiger partial charge is 0.349 e. The molecule has 1 aromatic carbocycles. The Bertz CT molecular complexity index is 523. The monoisotopic (exact) mass is 253 g/mol. The van der Waals surface area contributed by atoms with Crippen LogP contribution in [0.3, 0.4) is 0 Å². The van der Waals surface area contributed by atoms with Crippen LogP contribution in [0.5, 0.6) is 0 Å². The zero-order valence-electron chi connectivity index (χ0n) is 9.15. The van der Waals surface area contributed by atoms with Gasteiger partial charge in [0.05, 0.1) is 0 Å². The van der Waals surface area contributed by atoms with Crippen LogP contribution in [-0.4, -0.2) is 33.1 Å². The van der Waals surface area contributed by atoms with Crippen molar-refractivity contribution in [2.24, 2.45) is 0 Å². The van der Waals surface area contributed by atoms with E-state index >= 15 is 0 Å². The Hall–Kier alpha value is -2.38.